The van der Waals surface area contributed by atoms with Gasteiger partial charge in [0.05, 0.1) is 17.8 Å². The van der Waals surface area contributed by atoms with Gasteiger partial charge in [-0.25, -0.2) is 0 Å². The number of nitrogens with zero attached hydrogens (tertiary/aromatic N) is 2. The smallest absolute Gasteiger partial charge is 0.274 e. The molecule has 1 saturated carbocycles. The summed E-state index contributed by atoms with van der Waals surface area (Å²) < 4.78 is 1.51. The van der Waals surface area contributed by atoms with Gasteiger partial charge >= 0.3 is 0 Å². The summed E-state index contributed by atoms with van der Waals surface area (Å²) in [5.74, 6) is 0.346. The van der Waals surface area contributed by atoms with E-state index in [9.17, 15) is 9.90 Å². The first-order chi connectivity index (χ1) is 8.96. The van der Waals surface area contributed by atoms with E-state index in [0.29, 0.717) is 11.6 Å². The normalized spacial score (nSPS) is 27.2. The van der Waals surface area contributed by atoms with Crippen LogP contribution < -0.4 is 11.1 Å². The number of aromatic nitrogens is 2. The minimum Gasteiger partial charge on any atom is -0.396 e. The Morgan fingerprint density at radius 2 is 2.26 bits per heavy atom. The molecule has 6 heteroatoms. The van der Waals surface area contributed by atoms with Crippen LogP contribution in [0.4, 0.5) is 5.69 Å². The lowest BCUT2D eigenvalue weighted by Gasteiger charge is -2.38. The minimum absolute atomic E-state index is 0.0435. The largest absolute Gasteiger partial charge is 0.396 e. The summed E-state index contributed by atoms with van der Waals surface area (Å²) in [6, 6.07) is 0. The molecule has 106 valence electrons. The summed E-state index contributed by atoms with van der Waals surface area (Å²) in [7, 11) is 1.72. The third-order valence-electron chi connectivity index (χ3n) is 3.98. The number of anilines is 1. The molecule has 0 spiro atoms. The van der Waals surface area contributed by atoms with Gasteiger partial charge < -0.3 is 16.2 Å². The minimum atomic E-state index is -0.520. The number of nitrogens with one attached hydrogen (secondary N) is 1. The summed E-state index contributed by atoms with van der Waals surface area (Å²) in [6.45, 7) is 2.15. The third-order valence-corrected chi connectivity index (χ3v) is 3.98. The van der Waals surface area contributed by atoms with Crippen LogP contribution in [0.2, 0.25) is 0 Å². The fraction of sp³-hybridized carbons (Fsp3) is 0.692. The van der Waals surface area contributed by atoms with E-state index >= 15 is 0 Å². The highest BCUT2D eigenvalue weighted by molar-refractivity contribution is 5.97. The summed E-state index contributed by atoms with van der Waals surface area (Å²) in [5, 5.41) is 16.6. The third kappa shape index (κ3) is 2.89. The van der Waals surface area contributed by atoms with E-state index in [1.165, 1.54) is 4.68 Å². The molecule has 0 atom stereocenters. The number of rotatable bonds is 3. The number of nitrogen functional groups attached to an aromatic ring is 1. The molecule has 1 aromatic heterocycles. The highest BCUT2D eigenvalue weighted by Gasteiger charge is 2.36. The maximum absolute atomic E-state index is 12.2. The fourth-order valence-electron chi connectivity index (χ4n) is 2.62. The van der Waals surface area contributed by atoms with Crippen molar-refractivity contribution in [2.24, 2.45) is 13.0 Å². The lowest BCUT2D eigenvalue weighted by Crippen LogP contribution is -2.53. The van der Waals surface area contributed by atoms with Gasteiger partial charge in [-0.1, -0.05) is 6.92 Å². The quantitative estimate of drug-likeness (QED) is 0.749. The molecule has 4 N–H and O–H groups in total. The molecule has 1 aliphatic rings. The zero-order valence-corrected chi connectivity index (χ0v) is 11.5. The van der Waals surface area contributed by atoms with Crippen molar-refractivity contribution in [2.75, 3.05) is 12.3 Å². The summed E-state index contributed by atoms with van der Waals surface area (Å²) in [4.78, 5) is 12.2. The molecule has 0 aromatic carbocycles. The molecule has 0 aliphatic heterocycles. The van der Waals surface area contributed by atoms with Crippen molar-refractivity contribution in [1.82, 2.24) is 15.1 Å². The van der Waals surface area contributed by atoms with Crippen molar-refractivity contribution in [3.05, 3.63) is 11.9 Å². The van der Waals surface area contributed by atoms with E-state index in [0.717, 1.165) is 25.7 Å². The van der Waals surface area contributed by atoms with Gasteiger partial charge in [-0.2, -0.15) is 5.10 Å². The Hall–Kier alpha value is -1.56. The lowest BCUT2D eigenvalue weighted by atomic mass is 9.77. The number of nitrogens with two attached hydrogens (primary N) is 1. The van der Waals surface area contributed by atoms with Crippen LogP contribution >= 0.6 is 0 Å². The van der Waals surface area contributed by atoms with E-state index in [1.54, 1.807) is 13.2 Å². The van der Waals surface area contributed by atoms with E-state index in [4.69, 9.17) is 5.73 Å². The van der Waals surface area contributed by atoms with E-state index in [1.807, 2.05) is 0 Å². The molecule has 0 saturated heterocycles. The number of aliphatic hydroxyl groups excluding tert-OH is 1. The van der Waals surface area contributed by atoms with Crippen molar-refractivity contribution in [1.29, 1.82) is 0 Å². The number of carbonyl (C=O) groups excluding carboxylic acids is 1. The van der Waals surface area contributed by atoms with Crippen molar-refractivity contribution in [3.8, 4) is 0 Å². The molecule has 0 unspecified atom stereocenters. The molecule has 19 heavy (non-hydrogen) atoms. The number of amides is 1. The zero-order valence-electron chi connectivity index (χ0n) is 11.5. The highest BCUT2D eigenvalue weighted by atomic mass is 16.3. The van der Waals surface area contributed by atoms with Crippen LogP contribution in [0.5, 0.6) is 0 Å². The van der Waals surface area contributed by atoms with E-state index < -0.39 is 5.54 Å². The van der Waals surface area contributed by atoms with Crippen LogP contribution in [0.3, 0.4) is 0 Å². The van der Waals surface area contributed by atoms with Gasteiger partial charge in [0.2, 0.25) is 0 Å². The molecule has 1 heterocycles. The van der Waals surface area contributed by atoms with Gasteiger partial charge in [-0.3, -0.25) is 9.48 Å². The van der Waals surface area contributed by atoms with Gasteiger partial charge in [0.15, 0.2) is 5.69 Å². The van der Waals surface area contributed by atoms with Crippen LogP contribution in [-0.4, -0.2) is 32.9 Å². The first-order valence-electron chi connectivity index (χ1n) is 6.68. The Bertz CT molecular complexity index is 461. The zero-order chi connectivity index (χ0) is 14.0. The second-order valence-electron chi connectivity index (χ2n) is 5.68. The van der Waals surface area contributed by atoms with Crippen LogP contribution in [-0.2, 0) is 7.05 Å². The van der Waals surface area contributed by atoms with Gasteiger partial charge in [-0.05, 0) is 31.6 Å². The van der Waals surface area contributed by atoms with Crippen molar-refractivity contribution < 1.29 is 9.90 Å². The van der Waals surface area contributed by atoms with Gasteiger partial charge in [0.1, 0.15) is 0 Å². The molecule has 0 radical (unpaired) electrons. The average molecular weight is 266 g/mol. The molecule has 1 fully saturated rings. The van der Waals surface area contributed by atoms with E-state index in [2.05, 4.69) is 17.3 Å². The highest BCUT2D eigenvalue weighted by Crippen LogP contribution is 2.31. The molecule has 6 nitrogen and oxygen atoms in total. The van der Waals surface area contributed by atoms with Crippen molar-refractivity contribution in [2.45, 2.75) is 38.1 Å². The number of aliphatic hydroxyl groups is 1. The first-order valence-corrected chi connectivity index (χ1v) is 6.68. The topological polar surface area (TPSA) is 93.2 Å². The molecule has 1 amide bonds. The SMILES string of the molecule is CC1CCC(CO)(NC(=O)c2nn(C)cc2N)CC1. The van der Waals surface area contributed by atoms with Crippen LogP contribution in [0, 0.1) is 5.92 Å². The standard InChI is InChI=1S/C13H22N4O2/c1-9-3-5-13(8-18,6-4-9)15-12(19)11-10(14)7-17(2)16-11/h7,9,18H,3-6,8,14H2,1-2H3,(H,15,19). The second-order valence-corrected chi connectivity index (χ2v) is 5.68. The summed E-state index contributed by atoms with van der Waals surface area (Å²) in [5.41, 5.74) is 5.82. The lowest BCUT2D eigenvalue weighted by molar-refractivity contribution is 0.0713. The first kappa shape index (κ1) is 13.9. The fourth-order valence-corrected chi connectivity index (χ4v) is 2.62. The summed E-state index contributed by atoms with van der Waals surface area (Å²) in [6.07, 6.45) is 5.22. The van der Waals surface area contributed by atoms with E-state index in [-0.39, 0.29) is 18.2 Å². The number of aryl methyl sites for hydroxylation is 1. The van der Waals surface area contributed by atoms with Crippen molar-refractivity contribution >= 4 is 11.6 Å². The summed E-state index contributed by atoms with van der Waals surface area (Å²) >= 11 is 0. The molecular formula is C13H22N4O2. The molecule has 2 rings (SSSR count). The van der Waals surface area contributed by atoms with Crippen LogP contribution in [0.25, 0.3) is 0 Å². The van der Waals surface area contributed by atoms with Crippen LogP contribution in [0.15, 0.2) is 6.20 Å². The van der Waals surface area contributed by atoms with Crippen molar-refractivity contribution in [3.63, 3.8) is 0 Å². The van der Waals surface area contributed by atoms with Gasteiger partial charge in [0, 0.05) is 13.2 Å². The second kappa shape index (κ2) is 5.21. The Morgan fingerprint density at radius 3 is 2.74 bits per heavy atom. The molecular weight excluding hydrogens is 244 g/mol. The Kier molecular flexibility index (Phi) is 3.80. The maximum atomic E-state index is 12.2. The van der Waals surface area contributed by atoms with Crippen LogP contribution in [0.1, 0.15) is 43.1 Å². The predicted octanol–water partition coefficient (Wildman–Crippen LogP) is 0.673. The average Bonchev–Trinajstić information content (AvgIpc) is 2.72. The Balaban J connectivity index is 2.10. The number of hydrogen-bond acceptors (Lipinski definition) is 4. The van der Waals surface area contributed by atoms with Gasteiger partial charge in [-0.15, -0.1) is 0 Å². The monoisotopic (exact) mass is 266 g/mol. The molecule has 1 aromatic rings. The maximum Gasteiger partial charge on any atom is 0.274 e. The molecule has 0 bridgehead atoms. The number of carbonyl (C=O) groups is 1. The Labute approximate surface area is 113 Å². The predicted molar refractivity (Wildman–Crippen MR) is 72.5 cm³/mol. The number of hydrogen-bond donors (Lipinski definition) is 3. The van der Waals surface area contributed by atoms with Gasteiger partial charge in [0.25, 0.3) is 5.91 Å². The molecule has 1 aliphatic carbocycles. The Morgan fingerprint density at radius 1 is 1.63 bits per heavy atom.